The second-order valence-electron chi connectivity index (χ2n) is 5.10. The molecule has 0 saturated heterocycles. The minimum atomic E-state index is 0.138. The molecule has 0 bridgehead atoms. The van der Waals surface area contributed by atoms with Gasteiger partial charge in [0.2, 0.25) is 0 Å². The van der Waals surface area contributed by atoms with Crippen molar-refractivity contribution in [1.29, 1.82) is 0 Å². The number of fused-ring (bicyclic) bond motifs is 1. The van der Waals surface area contributed by atoms with E-state index in [1.54, 1.807) is 11.3 Å². The SMILES string of the molecule is Cc1cccc(CC(NN)c2cccc3ccsc23)c1. The van der Waals surface area contributed by atoms with Crippen LogP contribution in [0.25, 0.3) is 10.1 Å². The summed E-state index contributed by atoms with van der Waals surface area (Å²) in [5, 5.41) is 3.42. The lowest BCUT2D eigenvalue weighted by Crippen LogP contribution is -2.29. The molecule has 0 fully saturated rings. The predicted molar refractivity (Wildman–Crippen MR) is 86.8 cm³/mol. The van der Waals surface area contributed by atoms with Crippen LogP contribution in [0.5, 0.6) is 0 Å². The number of thiophene rings is 1. The molecule has 3 rings (SSSR count). The average molecular weight is 282 g/mol. The number of hydrazine groups is 1. The second-order valence-corrected chi connectivity index (χ2v) is 6.01. The van der Waals surface area contributed by atoms with Gasteiger partial charge < -0.3 is 0 Å². The van der Waals surface area contributed by atoms with Gasteiger partial charge in [0.25, 0.3) is 0 Å². The van der Waals surface area contributed by atoms with Crippen LogP contribution in [-0.2, 0) is 6.42 Å². The highest BCUT2D eigenvalue weighted by atomic mass is 32.1. The fourth-order valence-electron chi connectivity index (χ4n) is 2.62. The highest BCUT2D eigenvalue weighted by molar-refractivity contribution is 7.17. The molecule has 1 unspecified atom stereocenters. The lowest BCUT2D eigenvalue weighted by Gasteiger charge is -2.17. The van der Waals surface area contributed by atoms with E-state index in [2.05, 4.69) is 66.3 Å². The standard InChI is InChI=1S/C17H18N2S/c1-12-4-2-5-13(10-12)11-16(19-18)15-7-3-6-14-8-9-20-17(14)15/h2-10,16,19H,11,18H2,1H3. The smallest absolute Gasteiger partial charge is 0.0514 e. The summed E-state index contributed by atoms with van der Waals surface area (Å²) < 4.78 is 1.32. The summed E-state index contributed by atoms with van der Waals surface area (Å²) in [5.41, 5.74) is 6.85. The third kappa shape index (κ3) is 2.61. The molecule has 0 aliphatic heterocycles. The summed E-state index contributed by atoms with van der Waals surface area (Å²) >= 11 is 1.78. The van der Waals surface area contributed by atoms with Gasteiger partial charge in [0.15, 0.2) is 0 Å². The summed E-state index contributed by atoms with van der Waals surface area (Å²) in [5.74, 6) is 5.81. The van der Waals surface area contributed by atoms with Gasteiger partial charge in [-0.2, -0.15) is 0 Å². The van der Waals surface area contributed by atoms with Crippen molar-refractivity contribution in [2.24, 2.45) is 5.84 Å². The van der Waals surface area contributed by atoms with Crippen molar-refractivity contribution in [1.82, 2.24) is 5.43 Å². The molecule has 3 heteroatoms. The monoisotopic (exact) mass is 282 g/mol. The molecule has 1 heterocycles. The quantitative estimate of drug-likeness (QED) is 0.561. The topological polar surface area (TPSA) is 38.0 Å². The largest absolute Gasteiger partial charge is 0.271 e. The molecule has 2 nitrogen and oxygen atoms in total. The minimum absolute atomic E-state index is 0.138. The van der Waals surface area contributed by atoms with Gasteiger partial charge in [0, 0.05) is 4.70 Å². The van der Waals surface area contributed by atoms with Gasteiger partial charge in [-0.3, -0.25) is 11.3 Å². The van der Waals surface area contributed by atoms with E-state index in [4.69, 9.17) is 5.84 Å². The Kier molecular flexibility index (Phi) is 3.83. The molecular formula is C17H18N2S. The van der Waals surface area contributed by atoms with E-state index in [-0.39, 0.29) is 6.04 Å². The zero-order valence-corrected chi connectivity index (χ0v) is 12.3. The highest BCUT2D eigenvalue weighted by Gasteiger charge is 2.14. The summed E-state index contributed by atoms with van der Waals surface area (Å²) in [4.78, 5) is 0. The van der Waals surface area contributed by atoms with E-state index in [1.165, 1.54) is 26.8 Å². The lowest BCUT2D eigenvalue weighted by molar-refractivity contribution is 0.556. The first-order valence-electron chi connectivity index (χ1n) is 6.76. The first kappa shape index (κ1) is 13.3. The second kappa shape index (κ2) is 5.75. The van der Waals surface area contributed by atoms with E-state index in [0.29, 0.717) is 0 Å². The van der Waals surface area contributed by atoms with Crippen molar-refractivity contribution in [2.45, 2.75) is 19.4 Å². The van der Waals surface area contributed by atoms with E-state index in [0.717, 1.165) is 6.42 Å². The third-order valence-corrected chi connectivity index (χ3v) is 4.59. The van der Waals surface area contributed by atoms with Crippen molar-refractivity contribution in [3.05, 3.63) is 70.6 Å². The van der Waals surface area contributed by atoms with E-state index in [1.807, 2.05) is 0 Å². The van der Waals surface area contributed by atoms with Crippen molar-refractivity contribution in [3.63, 3.8) is 0 Å². The Bertz CT molecular complexity index is 718. The molecule has 3 aromatic rings. The number of rotatable bonds is 4. The molecule has 3 N–H and O–H groups in total. The van der Waals surface area contributed by atoms with Gasteiger partial charge in [-0.1, -0.05) is 48.0 Å². The molecule has 0 radical (unpaired) electrons. The van der Waals surface area contributed by atoms with Crippen LogP contribution in [0.2, 0.25) is 0 Å². The Hall–Kier alpha value is -1.68. The van der Waals surface area contributed by atoms with Crippen molar-refractivity contribution >= 4 is 21.4 Å². The van der Waals surface area contributed by atoms with Crippen LogP contribution in [0.3, 0.4) is 0 Å². The molecule has 2 aromatic carbocycles. The fraction of sp³-hybridized carbons (Fsp3) is 0.176. The molecule has 0 aliphatic rings. The summed E-state index contributed by atoms with van der Waals surface area (Å²) in [6.45, 7) is 2.12. The average Bonchev–Trinajstić information content (AvgIpc) is 2.93. The Morgan fingerprint density at radius 2 is 2.00 bits per heavy atom. The molecule has 1 aromatic heterocycles. The summed E-state index contributed by atoms with van der Waals surface area (Å²) in [6.07, 6.45) is 0.898. The lowest BCUT2D eigenvalue weighted by atomic mass is 9.97. The van der Waals surface area contributed by atoms with Crippen molar-refractivity contribution in [2.75, 3.05) is 0 Å². The van der Waals surface area contributed by atoms with Gasteiger partial charge in [-0.25, -0.2) is 0 Å². The van der Waals surface area contributed by atoms with E-state index < -0.39 is 0 Å². The Morgan fingerprint density at radius 1 is 1.15 bits per heavy atom. The molecule has 0 amide bonds. The predicted octanol–water partition coefficient (Wildman–Crippen LogP) is 3.96. The number of hydrogen-bond donors (Lipinski definition) is 2. The van der Waals surface area contributed by atoms with E-state index >= 15 is 0 Å². The van der Waals surface area contributed by atoms with Gasteiger partial charge in [-0.15, -0.1) is 11.3 Å². The maximum atomic E-state index is 5.81. The number of nitrogens with one attached hydrogen (secondary N) is 1. The molecule has 0 spiro atoms. The molecule has 20 heavy (non-hydrogen) atoms. The van der Waals surface area contributed by atoms with Crippen LogP contribution in [0, 0.1) is 6.92 Å². The Morgan fingerprint density at radius 3 is 2.80 bits per heavy atom. The van der Waals surface area contributed by atoms with Crippen LogP contribution in [0.1, 0.15) is 22.7 Å². The summed E-state index contributed by atoms with van der Waals surface area (Å²) in [6, 6.07) is 17.3. The number of hydrogen-bond acceptors (Lipinski definition) is 3. The van der Waals surface area contributed by atoms with Crippen LogP contribution in [0.4, 0.5) is 0 Å². The van der Waals surface area contributed by atoms with E-state index in [9.17, 15) is 0 Å². The van der Waals surface area contributed by atoms with Gasteiger partial charge >= 0.3 is 0 Å². The van der Waals surface area contributed by atoms with Gasteiger partial charge in [0.05, 0.1) is 6.04 Å². The normalized spacial score (nSPS) is 12.7. The van der Waals surface area contributed by atoms with Gasteiger partial charge in [-0.05, 0) is 41.3 Å². The highest BCUT2D eigenvalue weighted by Crippen LogP contribution is 2.30. The first-order valence-corrected chi connectivity index (χ1v) is 7.63. The van der Waals surface area contributed by atoms with Crippen LogP contribution in [-0.4, -0.2) is 0 Å². The molecule has 0 aliphatic carbocycles. The van der Waals surface area contributed by atoms with Crippen molar-refractivity contribution < 1.29 is 0 Å². The summed E-state index contributed by atoms with van der Waals surface area (Å²) in [7, 11) is 0. The Labute approximate surface area is 123 Å². The maximum absolute atomic E-state index is 5.81. The first-order chi connectivity index (χ1) is 9.78. The number of nitrogens with two attached hydrogens (primary N) is 1. The number of aryl methyl sites for hydroxylation is 1. The molecular weight excluding hydrogens is 264 g/mol. The van der Waals surface area contributed by atoms with Gasteiger partial charge in [0.1, 0.15) is 0 Å². The Balaban J connectivity index is 1.95. The zero-order valence-electron chi connectivity index (χ0n) is 11.5. The zero-order chi connectivity index (χ0) is 13.9. The van der Waals surface area contributed by atoms with Crippen molar-refractivity contribution in [3.8, 4) is 0 Å². The minimum Gasteiger partial charge on any atom is -0.271 e. The van der Waals surface area contributed by atoms with Crippen LogP contribution in [0.15, 0.2) is 53.9 Å². The molecule has 1 atom stereocenters. The fourth-order valence-corrected chi connectivity index (χ4v) is 3.59. The molecule has 102 valence electrons. The number of benzene rings is 2. The third-order valence-electron chi connectivity index (χ3n) is 3.61. The molecule has 0 saturated carbocycles. The maximum Gasteiger partial charge on any atom is 0.0514 e. The van der Waals surface area contributed by atoms with Crippen LogP contribution < -0.4 is 11.3 Å². The van der Waals surface area contributed by atoms with Crippen LogP contribution >= 0.6 is 11.3 Å².